The fraction of sp³-hybridized carbons (Fsp3) is 0.676. The number of aliphatic hydroxyl groups is 5. The van der Waals surface area contributed by atoms with Gasteiger partial charge in [-0.1, -0.05) is 71.7 Å². The second-order valence-corrected chi connectivity index (χ2v) is 18.4. The van der Waals surface area contributed by atoms with E-state index in [2.05, 4.69) is 42.5 Å². The number of aliphatic hydroxyl groups excluding tert-OH is 5. The molecule has 12 atom stereocenters. The summed E-state index contributed by atoms with van der Waals surface area (Å²) in [4.78, 5) is 77.5. The molecule has 0 unspecified atom stereocenters. The van der Waals surface area contributed by atoms with Gasteiger partial charge < -0.3 is 57.0 Å². The van der Waals surface area contributed by atoms with Crippen LogP contribution in [0.5, 0.6) is 0 Å². The largest absolute Gasteiger partial charge is 0.481 e. The highest BCUT2D eigenvalue weighted by Crippen LogP contribution is 2.25. The molecule has 2 aliphatic rings. The Morgan fingerprint density at radius 2 is 1.41 bits per heavy atom. The van der Waals surface area contributed by atoms with Crippen LogP contribution in [-0.4, -0.2) is 174 Å². The van der Waals surface area contributed by atoms with Crippen LogP contribution in [0.15, 0.2) is 30.3 Å². The topological polar surface area (TPSA) is 340 Å². The van der Waals surface area contributed by atoms with E-state index in [1.165, 1.54) is 6.92 Å². The van der Waals surface area contributed by atoms with Gasteiger partial charge in [-0.15, -0.1) is 0 Å². The van der Waals surface area contributed by atoms with Crippen molar-refractivity contribution < 1.29 is 64.5 Å². The zero-order valence-electron chi connectivity index (χ0n) is 33.9. The lowest BCUT2D eigenvalue weighted by Gasteiger charge is -2.35. The van der Waals surface area contributed by atoms with E-state index in [9.17, 15) is 64.5 Å². The predicted octanol–water partition coefficient (Wildman–Crippen LogP) is -3.43. The lowest BCUT2D eigenvalue weighted by molar-refractivity contribution is -0.141. The van der Waals surface area contributed by atoms with Crippen molar-refractivity contribution in [2.75, 3.05) is 29.6 Å². The van der Waals surface area contributed by atoms with Gasteiger partial charge in [0.05, 0.1) is 55.4 Å². The molecule has 0 saturated carbocycles. The van der Waals surface area contributed by atoms with Crippen molar-refractivity contribution >= 4 is 68.9 Å². The van der Waals surface area contributed by atoms with Crippen LogP contribution in [0.2, 0.25) is 0 Å². The van der Waals surface area contributed by atoms with E-state index in [1.54, 1.807) is 30.3 Å². The average molecular weight is 921 g/mol. The standard InChI is InChI=1S/C37H60N8O13S3/c1-3-4-10-21-32(53)38-14-28(47)39-23(12-30(49)50)34(55)45-27-17-61-60-16-26(36(57)41-21)44-35(56)24(13-31(51)52)40-29(48)18-59-15-25(19(2)46)43-33(54)22(42-37(27)58)11-20-8-6-5-7-9-20/h5-9,19,21-27,32-34,37-38,42-43,45-46,53-55,58H,3-4,10-18H2,1-2H3,(H,39,47)(H,40,48)(H,41,57)(H,44,56)(H,49,50)(H,51,52)/t19-,21+,22+,23+,24+,25+,26+,27+,32-,33-,34-,37+/m1/s1. The predicted molar refractivity (Wildman–Crippen MR) is 229 cm³/mol. The maximum atomic E-state index is 13.9. The summed E-state index contributed by atoms with van der Waals surface area (Å²) in [7, 11) is 2.10. The molecule has 3 rings (SSSR count). The Morgan fingerprint density at radius 1 is 0.738 bits per heavy atom. The number of hydrogen-bond donors (Lipinski definition) is 15. The maximum Gasteiger partial charge on any atom is 0.305 e. The first-order chi connectivity index (χ1) is 29.0. The molecule has 2 heterocycles. The van der Waals surface area contributed by atoms with Crippen molar-refractivity contribution in [2.24, 2.45) is 0 Å². The van der Waals surface area contributed by atoms with Gasteiger partial charge in [-0.05, 0) is 25.3 Å². The third-order valence-electron chi connectivity index (χ3n) is 9.73. The van der Waals surface area contributed by atoms with Crippen LogP contribution < -0.4 is 42.5 Å². The minimum atomic E-state index is -1.78. The summed E-state index contributed by atoms with van der Waals surface area (Å²) in [5.41, 5.74) is 0.746. The minimum absolute atomic E-state index is 0.0433. The van der Waals surface area contributed by atoms with Gasteiger partial charge in [0.1, 0.15) is 37.0 Å². The van der Waals surface area contributed by atoms with Crippen molar-refractivity contribution in [3.8, 4) is 0 Å². The normalized spacial score (nSPS) is 31.8. The third kappa shape index (κ3) is 18.9. The molecule has 15 N–H and O–H groups in total. The highest BCUT2D eigenvalue weighted by molar-refractivity contribution is 8.76. The summed E-state index contributed by atoms with van der Waals surface area (Å²) in [6.07, 6.45) is -7.49. The summed E-state index contributed by atoms with van der Waals surface area (Å²) in [5, 5.41) is 97.2. The Labute approximate surface area is 365 Å². The number of carbonyl (C=O) groups excluding carboxylic acids is 4. The van der Waals surface area contributed by atoms with Gasteiger partial charge in [-0.2, -0.15) is 11.8 Å². The Bertz CT molecular complexity index is 1570. The monoisotopic (exact) mass is 920 g/mol. The minimum Gasteiger partial charge on any atom is -0.481 e. The number of aliphatic carboxylic acids is 2. The Balaban J connectivity index is 2.12. The maximum absolute atomic E-state index is 13.9. The van der Waals surface area contributed by atoms with Crippen LogP contribution in [0, 0.1) is 0 Å². The number of nitrogens with one attached hydrogen (secondary N) is 8. The molecular weight excluding hydrogens is 861 g/mol. The second-order valence-electron chi connectivity index (χ2n) is 14.8. The molecule has 344 valence electrons. The quantitative estimate of drug-likeness (QED) is 0.102. The van der Waals surface area contributed by atoms with Gasteiger partial charge in [-0.25, -0.2) is 0 Å². The number of hydrogen-bond acceptors (Lipinski definition) is 18. The van der Waals surface area contributed by atoms with Gasteiger partial charge in [0.25, 0.3) is 0 Å². The molecule has 1 aromatic rings. The van der Waals surface area contributed by atoms with Crippen LogP contribution in [0.4, 0.5) is 0 Å². The van der Waals surface area contributed by atoms with E-state index in [4.69, 9.17) is 0 Å². The van der Waals surface area contributed by atoms with Crippen molar-refractivity contribution in [3.05, 3.63) is 35.9 Å². The molecule has 0 radical (unpaired) electrons. The molecule has 0 aliphatic carbocycles. The van der Waals surface area contributed by atoms with E-state index in [1.807, 2.05) is 6.92 Å². The Kier molecular flexibility index (Phi) is 23.1. The highest BCUT2D eigenvalue weighted by atomic mass is 33.1. The van der Waals surface area contributed by atoms with Gasteiger partial charge in [0, 0.05) is 23.3 Å². The van der Waals surface area contributed by atoms with Crippen LogP contribution in [0.3, 0.4) is 0 Å². The SMILES string of the molecule is CCCC[C@@H]1NC(=O)[C@@H]2CSSC[C@H](N[C@H](O)[C@H](CC(=O)O)NC(=O)CN[C@@H]1O)[C@H](O)N[C@@H](Cc1ccccc1)[C@@H](O)N[C@H]([C@@H](C)O)CSCC(=O)N[C@@H](CC(=O)O)C(=O)N2. The summed E-state index contributed by atoms with van der Waals surface area (Å²) in [6, 6.07) is 0.514. The Hall–Kier alpha value is -3.27. The van der Waals surface area contributed by atoms with Crippen LogP contribution in [-0.2, 0) is 35.2 Å². The zero-order valence-corrected chi connectivity index (χ0v) is 36.3. The number of rotatable bonds is 10. The highest BCUT2D eigenvalue weighted by Gasteiger charge is 2.35. The van der Waals surface area contributed by atoms with Crippen LogP contribution in [0.1, 0.15) is 51.5 Å². The lowest BCUT2D eigenvalue weighted by atomic mass is 10.0. The first-order valence-corrected chi connectivity index (χ1v) is 23.5. The molecule has 0 aromatic heterocycles. The number of carboxylic acids is 2. The van der Waals surface area contributed by atoms with E-state index in [0.29, 0.717) is 12.8 Å². The van der Waals surface area contributed by atoms with Crippen molar-refractivity contribution in [1.29, 1.82) is 0 Å². The van der Waals surface area contributed by atoms with Gasteiger partial charge in [-0.3, -0.25) is 50.0 Å². The lowest BCUT2D eigenvalue weighted by Crippen LogP contribution is -2.63. The second kappa shape index (κ2) is 27.0. The summed E-state index contributed by atoms with van der Waals surface area (Å²) >= 11 is 1.02. The molecule has 61 heavy (non-hydrogen) atoms. The zero-order chi connectivity index (χ0) is 45.1. The number of amides is 4. The fourth-order valence-corrected chi connectivity index (χ4v) is 9.76. The number of unbranched alkanes of at least 4 members (excludes halogenated alkanes) is 1. The number of benzene rings is 1. The van der Waals surface area contributed by atoms with E-state index in [-0.39, 0.29) is 35.9 Å². The van der Waals surface area contributed by atoms with Crippen molar-refractivity contribution in [2.45, 2.75) is 126 Å². The molecule has 2 bridgehead atoms. The Morgan fingerprint density at radius 3 is 2.07 bits per heavy atom. The molecule has 21 nitrogen and oxygen atoms in total. The van der Waals surface area contributed by atoms with Gasteiger partial charge in [0.15, 0.2) is 0 Å². The van der Waals surface area contributed by atoms with E-state index in [0.717, 1.165) is 38.9 Å². The molecule has 2 aliphatic heterocycles. The van der Waals surface area contributed by atoms with Crippen LogP contribution >= 0.6 is 33.3 Å². The molecular formula is C37H60N8O13S3. The van der Waals surface area contributed by atoms with Gasteiger partial charge in [0.2, 0.25) is 23.6 Å². The van der Waals surface area contributed by atoms with Crippen molar-refractivity contribution in [1.82, 2.24) is 42.5 Å². The van der Waals surface area contributed by atoms with Gasteiger partial charge >= 0.3 is 11.9 Å². The summed E-state index contributed by atoms with van der Waals surface area (Å²) in [6.45, 7) is 2.75. The van der Waals surface area contributed by atoms with E-state index < -0.39 is 128 Å². The molecule has 0 spiro atoms. The number of carbonyl (C=O) groups is 6. The fourth-order valence-electron chi connectivity index (χ4n) is 6.33. The number of thioether (sulfide) groups is 1. The molecule has 2 fully saturated rings. The van der Waals surface area contributed by atoms with Crippen molar-refractivity contribution in [3.63, 3.8) is 0 Å². The first kappa shape index (κ1) is 52.1. The smallest absolute Gasteiger partial charge is 0.305 e. The summed E-state index contributed by atoms with van der Waals surface area (Å²) < 4.78 is 0. The molecule has 1 aromatic carbocycles. The number of fused-ring (bicyclic) bond motifs is 5. The molecule has 4 amide bonds. The summed E-state index contributed by atoms with van der Waals surface area (Å²) in [5.74, 6) is -6.60. The molecule has 2 saturated heterocycles. The third-order valence-corrected chi connectivity index (χ3v) is 13.2. The average Bonchev–Trinajstić information content (AvgIpc) is 3.19. The first-order valence-electron chi connectivity index (χ1n) is 19.9. The van der Waals surface area contributed by atoms with E-state index >= 15 is 0 Å². The van der Waals surface area contributed by atoms with Crippen LogP contribution in [0.25, 0.3) is 0 Å². The molecule has 24 heteroatoms. The number of carboxylic acid groups (broad SMARTS) is 2.